The number of aliphatic hydroxyl groups excluding tert-OH is 1. The van der Waals surface area contributed by atoms with Crippen LogP contribution >= 0.6 is 0 Å². The summed E-state index contributed by atoms with van der Waals surface area (Å²) in [4.78, 5) is 0. The Kier molecular flexibility index (Phi) is 5.15. The van der Waals surface area contributed by atoms with Gasteiger partial charge in [0, 0.05) is 13.1 Å². The number of aliphatic hydroxyl groups is 1. The molecule has 1 unspecified atom stereocenters. The fourth-order valence-electron chi connectivity index (χ4n) is 1.48. The molecule has 84 valence electrons. The zero-order valence-electron chi connectivity index (χ0n) is 9.11. The standard InChI is InChI=1S/C12H19NO2/c1-2-4-12(15)9-13-8-10-5-3-6-11(14)7-10/h3,5-7,12-15H,2,4,8-9H2,1H3. The molecule has 0 saturated heterocycles. The molecule has 1 atom stereocenters. The van der Waals surface area contributed by atoms with Gasteiger partial charge in [0.25, 0.3) is 0 Å². The van der Waals surface area contributed by atoms with Gasteiger partial charge in [-0.3, -0.25) is 0 Å². The lowest BCUT2D eigenvalue weighted by molar-refractivity contribution is 0.160. The van der Waals surface area contributed by atoms with E-state index in [9.17, 15) is 10.2 Å². The summed E-state index contributed by atoms with van der Waals surface area (Å²) in [6.45, 7) is 3.33. The van der Waals surface area contributed by atoms with Gasteiger partial charge in [0.2, 0.25) is 0 Å². The van der Waals surface area contributed by atoms with Crippen molar-refractivity contribution in [1.82, 2.24) is 5.32 Å². The second-order valence-corrected chi connectivity index (χ2v) is 3.74. The third-order valence-corrected chi connectivity index (χ3v) is 2.24. The maximum absolute atomic E-state index is 9.47. The van der Waals surface area contributed by atoms with Crippen LogP contribution in [0.1, 0.15) is 25.3 Å². The fraction of sp³-hybridized carbons (Fsp3) is 0.500. The summed E-state index contributed by atoms with van der Waals surface area (Å²) < 4.78 is 0. The quantitative estimate of drug-likeness (QED) is 0.667. The second-order valence-electron chi connectivity index (χ2n) is 3.74. The van der Waals surface area contributed by atoms with E-state index in [0.717, 1.165) is 18.4 Å². The van der Waals surface area contributed by atoms with Gasteiger partial charge < -0.3 is 15.5 Å². The zero-order chi connectivity index (χ0) is 11.1. The molecule has 1 aromatic carbocycles. The summed E-state index contributed by atoms with van der Waals surface area (Å²) in [5.74, 6) is 0.281. The summed E-state index contributed by atoms with van der Waals surface area (Å²) in [7, 11) is 0. The molecule has 0 aliphatic carbocycles. The molecular formula is C12H19NO2. The maximum atomic E-state index is 9.47. The molecule has 1 aromatic rings. The number of aromatic hydroxyl groups is 1. The van der Waals surface area contributed by atoms with Crippen molar-refractivity contribution in [3.05, 3.63) is 29.8 Å². The molecular weight excluding hydrogens is 190 g/mol. The average molecular weight is 209 g/mol. The highest BCUT2D eigenvalue weighted by atomic mass is 16.3. The van der Waals surface area contributed by atoms with E-state index in [4.69, 9.17) is 0 Å². The molecule has 0 spiro atoms. The number of rotatable bonds is 6. The number of hydrogen-bond donors (Lipinski definition) is 3. The highest BCUT2D eigenvalue weighted by Gasteiger charge is 2.01. The van der Waals surface area contributed by atoms with Gasteiger partial charge in [-0.05, 0) is 24.1 Å². The van der Waals surface area contributed by atoms with Gasteiger partial charge in [-0.25, -0.2) is 0 Å². The van der Waals surface area contributed by atoms with Crippen LogP contribution in [-0.4, -0.2) is 22.9 Å². The van der Waals surface area contributed by atoms with Gasteiger partial charge in [-0.15, -0.1) is 0 Å². The molecule has 3 heteroatoms. The van der Waals surface area contributed by atoms with Crippen molar-refractivity contribution < 1.29 is 10.2 Å². The van der Waals surface area contributed by atoms with Crippen molar-refractivity contribution in [3.63, 3.8) is 0 Å². The minimum Gasteiger partial charge on any atom is -0.508 e. The molecule has 15 heavy (non-hydrogen) atoms. The first kappa shape index (κ1) is 12.0. The largest absolute Gasteiger partial charge is 0.508 e. The molecule has 3 N–H and O–H groups in total. The van der Waals surface area contributed by atoms with Crippen molar-refractivity contribution in [2.45, 2.75) is 32.4 Å². The molecule has 0 aromatic heterocycles. The van der Waals surface area contributed by atoms with Crippen LogP contribution in [0.25, 0.3) is 0 Å². The average Bonchev–Trinajstić information content (AvgIpc) is 2.18. The summed E-state index contributed by atoms with van der Waals surface area (Å²) in [5, 5.41) is 21.9. The molecule has 0 fully saturated rings. The van der Waals surface area contributed by atoms with Crippen molar-refractivity contribution in [2.75, 3.05) is 6.54 Å². The van der Waals surface area contributed by atoms with E-state index in [0.29, 0.717) is 13.1 Å². The van der Waals surface area contributed by atoms with E-state index in [1.807, 2.05) is 12.1 Å². The van der Waals surface area contributed by atoms with Gasteiger partial charge in [-0.1, -0.05) is 25.5 Å². The maximum Gasteiger partial charge on any atom is 0.115 e. The van der Waals surface area contributed by atoms with Gasteiger partial charge in [0.05, 0.1) is 6.10 Å². The van der Waals surface area contributed by atoms with Gasteiger partial charge in [0.1, 0.15) is 5.75 Å². The lowest BCUT2D eigenvalue weighted by Gasteiger charge is -2.10. The van der Waals surface area contributed by atoms with E-state index in [-0.39, 0.29) is 11.9 Å². The van der Waals surface area contributed by atoms with Crippen molar-refractivity contribution in [2.24, 2.45) is 0 Å². The predicted molar refractivity (Wildman–Crippen MR) is 60.7 cm³/mol. The number of phenolic OH excluding ortho intramolecular Hbond substituents is 1. The third-order valence-electron chi connectivity index (χ3n) is 2.24. The number of phenols is 1. The summed E-state index contributed by atoms with van der Waals surface area (Å²) in [6, 6.07) is 7.13. The number of benzene rings is 1. The molecule has 0 aliphatic rings. The minimum atomic E-state index is -0.271. The van der Waals surface area contributed by atoms with E-state index in [1.165, 1.54) is 0 Å². The minimum absolute atomic E-state index is 0.271. The predicted octanol–water partition coefficient (Wildman–Crippen LogP) is 1.64. The van der Waals surface area contributed by atoms with Crippen LogP contribution < -0.4 is 5.32 Å². The molecule has 0 radical (unpaired) electrons. The Morgan fingerprint density at radius 1 is 1.40 bits per heavy atom. The fourth-order valence-corrected chi connectivity index (χ4v) is 1.48. The normalized spacial score (nSPS) is 12.7. The lowest BCUT2D eigenvalue weighted by Crippen LogP contribution is -2.26. The van der Waals surface area contributed by atoms with Crippen molar-refractivity contribution in [3.8, 4) is 5.75 Å². The first-order chi connectivity index (χ1) is 7.22. The Bertz CT molecular complexity index is 289. The summed E-state index contributed by atoms with van der Waals surface area (Å²) >= 11 is 0. The summed E-state index contributed by atoms with van der Waals surface area (Å²) in [5.41, 5.74) is 1.03. The molecule has 0 amide bonds. The van der Waals surface area contributed by atoms with Crippen molar-refractivity contribution in [1.29, 1.82) is 0 Å². The van der Waals surface area contributed by atoms with Crippen LogP contribution in [0.5, 0.6) is 5.75 Å². The van der Waals surface area contributed by atoms with Crippen LogP contribution in [0.2, 0.25) is 0 Å². The number of hydrogen-bond acceptors (Lipinski definition) is 3. The lowest BCUT2D eigenvalue weighted by atomic mass is 10.2. The monoisotopic (exact) mass is 209 g/mol. The Hall–Kier alpha value is -1.06. The van der Waals surface area contributed by atoms with Gasteiger partial charge in [0.15, 0.2) is 0 Å². The van der Waals surface area contributed by atoms with E-state index in [2.05, 4.69) is 12.2 Å². The van der Waals surface area contributed by atoms with Crippen LogP contribution in [0, 0.1) is 0 Å². The first-order valence-corrected chi connectivity index (χ1v) is 5.39. The Balaban J connectivity index is 2.25. The summed E-state index contributed by atoms with van der Waals surface area (Å²) in [6.07, 6.45) is 1.55. The smallest absolute Gasteiger partial charge is 0.115 e. The van der Waals surface area contributed by atoms with Crippen LogP contribution in [-0.2, 0) is 6.54 Å². The van der Waals surface area contributed by atoms with Crippen LogP contribution in [0.3, 0.4) is 0 Å². The molecule has 0 heterocycles. The SMILES string of the molecule is CCCC(O)CNCc1cccc(O)c1. The molecule has 0 saturated carbocycles. The molecule has 0 bridgehead atoms. The highest BCUT2D eigenvalue weighted by molar-refractivity contribution is 5.26. The Morgan fingerprint density at radius 3 is 2.87 bits per heavy atom. The van der Waals surface area contributed by atoms with Crippen LogP contribution in [0.4, 0.5) is 0 Å². The van der Waals surface area contributed by atoms with Crippen molar-refractivity contribution >= 4 is 0 Å². The van der Waals surface area contributed by atoms with Gasteiger partial charge in [-0.2, -0.15) is 0 Å². The first-order valence-electron chi connectivity index (χ1n) is 5.39. The zero-order valence-corrected chi connectivity index (χ0v) is 9.11. The van der Waals surface area contributed by atoms with Crippen LogP contribution in [0.15, 0.2) is 24.3 Å². The molecule has 1 rings (SSSR count). The second kappa shape index (κ2) is 6.43. The topological polar surface area (TPSA) is 52.5 Å². The number of nitrogens with one attached hydrogen (secondary N) is 1. The Labute approximate surface area is 90.8 Å². The van der Waals surface area contributed by atoms with E-state index >= 15 is 0 Å². The van der Waals surface area contributed by atoms with E-state index in [1.54, 1.807) is 12.1 Å². The van der Waals surface area contributed by atoms with E-state index < -0.39 is 0 Å². The third kappa shape index (κ3) is 4.81. The van der Waals surface area contributed by atoms with Gasteiger partial charge >= 0.3 is 0 Å². The Morgan fingerprint density at radius 2 is 2.20 bits per heavy atom. The highest BCUT2D eigenvalue weighted by Crippen LogP contribution is 2.10. The molecule has 0 aliphatic heterocycles. The molecule has 3 nitrogen and oxygen atoms in total.